The second kappa shape index (κ2) is 8.39. The second-order valence-corrected chi connectivity index (χ2v) is 6.83. The number of nitrogens with zero attached hydrogens (tertiary/aromatic N) is 1. The van der Waals surface area contributed by atoms with Crippen molar-refractivity contribution >= 4 is 23.8 Å². The van der Waals surface area contributed by atoms with Gasteiger partial charge in [0.2, 0.25) is 0 Å². The molecule has 0 bridgehead atoms. The van der Waals surface area contributed by atoms with E-state index in [-0.39, 0.29) is 18.0 Å². The van der Waals surface area contributed by atoms with Gasteiger partial charge in [0.1, 0.15) is 6.04 Å². The summed E-state index contributed by atoms with van der Waals surface area (Å²) in [7, 11) is 0. The van der Waals surface area contributed by atoms with Crippen LogP contribution in [0.25, 0.3) is 0 Å². The normalized spacial score (nSPS) is 24.2. The molecule has 0 radical (unpaired) electrons. The Morgan fingerprint density at radius 3 is 2.80 bits per heavy atom. The third kappa shape index (κ3) is 4.89. The average Bonchev–Trinajstić information content (AvgIpc) is 2.38. The highest BCUT2D eigenvalue weighted by Gasteiger charge is 2.37. The van der Waals surface area contributed by atoms with Crippen molar-refractivity contribution in [2.24, 2.45) is 5.92 Å². The maximum atomic E-state index is 12.2. The lowest BCUT2D eigenvalue weighted by Gasteiger charge is -2.37. The van der Waals surface area contributed by atoms with Crippen molar-refractivity contribution in [3.8, 4) is 0 Å². The smallest absolute Gasteiger partial charge is 0.326 e. The summed E-state index contributed by atoms with van der Waals surface area (Å²) in [5, 5.41) is 12.2. The van der Waals surface area contributed by atoms with Crippen molar-refractivity contribution in [1.29, 1.82) is 0 Å². The van der Waals surface area contributed by atoms with Crippen molar-refractivity contribution < 1.29 is 14.7 Å². The molecule has 0 aromatic rings. The largest absolute Gasteiger partial charge is 0.480 e. The third-order valence-electron chi connectivity index (χ3n) is 3.72. The number of rotatable bonds is 6. The topological polar surface area (TPSA) is 69.6 Å². The van der Waals surface area contributed by atoms with E-state index in [0.717, 1.165) is 30.8 Å². The van der Waals surface area contributed by atoms with E-state index in [4.69, 9.17) is 0 Å². The van der Waals surface area contributed by atoms with Crippen molar-refractivity contribution in [1.82, 2.24) is 10.2 Å². The minimum absolute atomic E-state index is 0.0120. The molecule has 1 rings (SSSR count). The molecule has 0 aliphatic carbocycles. The fourth-order valence-electron chi connectivity index (χ4n) is 2.56. The van der Waals surface area contributed by atoms with E-state index in [9.17, 15) is 14.7 Å². The van der Waals surface area contributed by atoms with Crippen molar-refractivity contribution in [3.05, 3.63) is 0 Å². The van der Waals surface area contributed by atoms with Crippen LogP contribution in [-0.2, 0) is 4.79 Å². The Morgan fingerprint density at radius 2 is 2.20 bits per heavy atom. The maximum Gasteiger partial charge on any atom is 0.326 e. The molecule has 2 N–H and O–H groups in total. The molecule has 116 valence electrons. The molecule has 20 heavy (non-hydrogen) atoms. The lowest BCUT2D eigenvalue weighted by atomic mass is 9.91. The molecular formula is C14H26N2O3S. The standard InChI is InChI=1S/C14H26N2O3S/c1-4-20-9-7-11(3)15-14(19)16-8-5-6-10(2)12(16)13(17)18/h10-12H,4-9H2,1-3H3,(H,15,19)(H,17,18). The summed E-state index contributed by atoms with van der Waals surface area (Å²) < 4.78 is 0. The van der Waals surface area contributed by atoms with E-state index in [1.807, 2.05) is 25.6 Å². The van der Waals surface area contributed by atoms with Crippen LogP contribution in [0.2, 0.25) is 0 Å². The minimum Gasteiger partial charge on any atom is -0.480 e. The van der Waals surface area contributed by atoms with Gasteiger partial charge >= 0.3 is 12.0 Å². The van der Waals surface area contributed by atoms with Gasteiger partial charge in [-0.25, -0.2) is 9.59 Å². The van der Waals surface area contributed by atoms with Gasteiger partial charge in [-0.1, -0.05) is 13.8 Å². The van der Waals surface area contributed by atoms with Gasteiger partial charge in [-0.15, -0.1) is 0 Å². The Bertz CT molecular complexity index is 338. The molecule has 1 aliphatic heterocycles. The van der Waals surface area contributed by atoms with Gasteiger partial charge in [-0.2, -0.15) is 11.8 Å². The Morgan fingerprint density at radius 1 is 1.50 bits per heavy atom. The molecule has 6 heteroatoms. The second-order valence-electron chi connectivity index (χ2n) is 5.43. The molecule has 1 saturated heterocycles. The van der Waals surface area contributed by atoms with Gasteiger partial charge in [0.25, 0.3) is 0 Å². The Hall–Kier alpha value is -0.910. The van der Waals surface area contributed by atoms with E-state index in [2.05, 4.69) is 12.2 Å². The molecule has 0 aromatic carbocycles. The van der Waals surface area contributed by atoms with E-state index in [1.165, 1.54) is 4.90 Å². The number of carbonyl (C=O) groups excluding carboxylic acids is 1. The number of carboxylic acid groups (broad SMARTS) is 1. The van der Waals surface area contributed by atoms with Gasteiger partial charge in [-0.3, -0.25) is 0 Å². The zero-order valence-electron chi connectivity index (χ0n) is 12.6. The zero-order chi connectivity index (χ0) is 15.1. The van der Waals surface area contributed by atoms with Gasteiger partial charge < -0.3 is 15.3 Å². The van der Waals surface area contributed by atoms with E-state index in [0.29, 0.717) is 6.54 Å². The first-order valence-corrected chi connectivity index (χ1v) is 8.50. The Balaban J connectivity index is 2.53. The van der Waals surface area contributed by atoms with Gasteiger partial charge in [0.05, 0.1) is 0 Å². The van der Waals surface area contributed by atoms with Crippen LogP contribution in [0.1, 0.15) is 40.0 Å². The van der Waals surface area contributed by atoms with Crippen LogP contribution in [-0.4, -0.2) is 52.1 Å². The number of carbonyl (C=O) groups is 2. The molecule has 3 unspecified atom stereocenters. The summed E-state index contributed by atoms with van der Waals surface area (Å²) in [4.78, 5) is 25.1. The lowest BCUT2D eigenvalue weighted by molar-refractivity contribution is -0.145. The molecule has 0 saturated carbocycles. The van der Waals surface area contributed by atoms with Crippen LogP contribution in [0.4, 0.5) is 4.79 Å². The van der Waals surface area contributed by atoms with Gasteiger partial charge in [0.15, 0.2) is 0 Å². The first-order chi connectivity index (χ1) is 9.47. The van der Waals surface area contributed by atoms with Crippen LogP contribution in [0, 0.1) is 5.92 Å². The van der Waals surface area contributed by atoms with E-state index >= 15 is 0 Å². The quantitative estimate of drug-likeness (QED) is 0.739. The van der Waals surface area contributed by atoms with Crippen LogP contribution in [0.5, 0.6) is 0 Å². The number of likely N-dealkylation sites (tertiary alicyclic amines) is 1. The fraction of sp³-hybridized carbons (Fsp3) is 0.857. The van der Waals surface area contributed by atoms with Crippen LogP contribution in [0.15, 0.2) is 0 Å². The highest BCUT2D eigenvalue weighted by molar-refractivity contribution is 7.99. The molecular weight excluding hydrogens is 276 g/mol. The predicted molar refractivity (Wildman–Crippen MR) is 82.1 cm³/mol. The highest BCUT2D eigenvalue weighted by Crippen LogP contribution is 2.23. The van der Waals surface area contributed by atoms with Gasteiger partial charge in [0, 0.05) is 12.6 Å². The molecule has 5 nitrogen and oxygen atoms in total. The molecule has 2 amide bonds. The Labute approximate surface area is 125 Å². The number of nitrogens with one attached hydrogen (secondary N) is 1. The van der Waals surface area contributed by atoms with Crippen LogP contribution < -0.4 is 5.32 Å². The van der Waals surface area contributed by atoms with Crippen molar-refractivity contribution in [2.45, 2.75) is 52.1 Å². The summed E-state index contributed by atoms with van der Waals surface area (Å²) in [5.41, 5.74) is 0. The summed E-state index contributed by atoms with van der Waals surface area (Å²) in [6, 6.07) is -0.854. The molecule has 1 fully saturated rings. The van der Waals surface area contributed by atoms with Crippen molar-refractivity contribution in [3.63, 3.8) is 0 Å². The minimum atomic E-state index is -0.901. The third-order valence-corrected chi connectivity index (χ3v) is 4.65. The molecule has 3 atom stereocenters. The van der Waals surface area contributed by atoms with Crippen LogP contribution in [0.3, 0.4) is 0 Å². The molecule has 1 heterocycles. The number of carboxylic acids is 1. The molecule has 0 spiro atoms. The molecule has 1 aliphatic rings. The lowest BCUT2D eigenvalue weighted by Crippen LogP contribution is -2.56. The average molecular weight is 302 g/mol. The first kappa shape index (κ1) is 17.1. The van der Waals surface area contributed by atoms with Crippen LogP contribution >= 0.6 is 11.8 Å². The van der Waals surface area contributed by atoms with E-state index < -0.39 is 12.0 Å². The highest BCUT2D eigenvalue weighted by atomic mass is 32.2. The number of urea groups is 1. The number of aliphatic carboxylic acids is 1. The van der Waals surface area contributed by atoms with Crippen molar-refractivity contribution in [2.75, 3.05) is 18.1 Å². The van der Waals surface area contributed by atoms with E-state index in [1.54, 1.807) is 0 Å². The number of amides is 2. The monoisotopic (exact) mass is 302 g/mol. The predicted octanol–water partition coefficient (Wildman–Crippen LogP) is 2.41. The number of piperidine rings is 1. The summed E-state index contributed by atoms with van der Waals surface area (Å²) in [6.45, 7) is 6.51. The van der Waals surface area contributed by atoms with Gasteiger partial charge in [-0.05, 0) is 43.6 Å². The number of hydrogen-bond donors (Lipinski definition) is 2. The first-order valence-electron chi connectivity index (χ1n) is 7.35. The SMILES string of the molecule is CCSCCC(C)NC(=O)N1CCCC(C)C1C(=O)O. The fourth-order valence-corrected chi connectivity index (χ4v) is 3.37. The number of thioether (sulfide) groups is 1. The summed E-state index contributed by atoms with van der Waals surface area (Å²) in [6.07, 6.45) is 2.65. The summed E-state index contributed by atoms with van der Waals surface area (Å²) in [5.74, 6) is 1.20. The number of hydrogen-bond acceptors (Lipinski definition) is 3. The zero-order valence-corrected chi connectivity index (χ0v) is 13.4. The molecule has 0 aromatic heterocycles. The summed E-state index contributed by atoms with van der Waals surface area (Å²) >= 11 is 1.85. The maximum absolute atomic E-state index is 12.2. The Kier molecular flexibility index (Phi) is 7.19.